The number of anilines is 1. The molecule has 2 fully saturated rings. The number of rotatable bonds is 2. The van der Waals surface area contributed by atoms with E-state index in [4.69, 9.17) is 0 Å². The SMILES string of the molecule is O=C([C@H]1C[C@H](O)CN1)N1CCN(c2ccccc2F)CC1. The number of hydrogen-bond donors (Lipinski definition) is 2. The van der Waals surface area contributed by atoms with Crippen LogP contribution >= 0.6 is 0 Å². The van der Waals surface area contributed by atoms with Crippen LogP contribution in [0.15, 0.2) is 24.3 Å². The van der Waals surface area contributed by atoms with Crippen molar-refractivity contribution in [3.05, 3.63) is 30.1 Å². The Bertz CT molecular complexity index is 517. The maximum absolute atomic E-state index is 13.8. The van der Waals surface area contributed by atoms with Gasteiger partial charge >= 0.3 is 0 Å². The maximum Gasteiger partial charge on any atom is 0.239 e. The third-order valence-electron chi connectivity index (χ3n) is 4.19. The molecule has 0 unspecified atom stereocenters. The number of para-hydroxylation sites is 1. The van der Waals surface area contributed by atoms with Gasteiger partial charge in [-0.25, -0.2) is 4.39 Å². The lowest BCUT2D eigenvalue weighted by Gasteiger charge is -2.37. The minimum atomic E-state index is -0.432. The van der Waals surface area contributed by atoms with Crippen molar-refractivity contribution in [1.29, 1.82) is 0 Å². The summed E-state index contributed by atoms with van der Waals surface area (Å²) in [5.41, 5.74) is 0.596. The van der Waals surface area contributed by atoms with Crippen molar-refractivity contribution in [1.82, 2.24) is 10.2 Å². The fourth-order valence-corrected chi connectivity index (χ4v) is 3.00. The molecule has 3 rings (SSSR count). The van der Waals surface area contributed by atoms with E-state index in [0.717, 1.165) is 0 Å². The molecule has 0 radical (unpaired) electrons. The fourth-order valence-electron chi connectivity index (χ4n) is 3.00. The number of nitrogens with zero attached hydrogens (tertiary/aromatic N) is 2. The molecule has 6 heteroatoms. The molecule has 2 aliphatic heterocycles. The van der Waals surface area contributed by atoms with Gasteiger partial charge in [-0.2, -0.15) is 0 Å². The Morgan fingerprint density at radius 3 is 2.57 bits per heavy atom. The van der Waals surface area contributed by atoms with E-state index in [1.165, 1.54) is 6.07 Å². The third-order valence-corrected chi connectivity index (χ3v) is 4.19. The third kappa shape index (κ3) is 3.01. The molecule has 2 atom stereocenters. The number of aliphatic hydroxyl groups excluding tert-OH is 1. The molecule has 1 aromatic rings. The van der Waals surface area contributed by atoms with Crippen LogP contribution in [0.25, 0.3) is 0 Å². The van der Waals surface area contributed by atoms with Crippen LogP contribution in [0.5, 0.6) is 0 Å². The molecule has 0 bridgehead atoms. The standard InChI is InChI=1S/C15H20FN3O2/c16-12-3-1-2-4-14(12)18-5-7-19(8-6-18)15(21)13-9-11(20)10-17-13/h1-4,11,13,17,20H,5-10H2/t11-,13+/m0/s1. The molecule has 2 heterocycles. The predicted octanol–water partition coefficient (Wildman–Crippen LogP) is 0.197. The van der Waals surface area contributed by atoms with E-state index in [1.54, 1.807) is 17.0 Å². The van der Waals surface area contributed by atoms with Crippen LogP contribution in [0.4, 0.5) is 10.1 Å². The average Bonchev–Trinajstić information content (AvgIpc) is 2.94. The van der Waals surface area contributed by atoms with Gasteiger partial charge in [-0.1, -0.05) is 12.1 Å². The number of β-amino-alcohol motifs (C(OH)–C–C–N with tert-alkyl or cyclic N) is 1. The van der Waals surface area contributed by atoms with Crippen molar-refractivity contribution >= 4 is 11.6 Å². The van der Waals surface area contributed by atoms with Crippen molar-refractivity contribution in [2.45, 2.75) is 18.6 Å². The second kappa shape index (κ2) is 5.99. The Morgan fingerprint density at radius 2 is 1.95 bits per heavy atom. The molecule has 5 nitrogen and oxygen atoms in total. The van der Waals surface area contributed by atoms with Crippen molar-refractivity contribution in [3.63, 3.8) is 0 Å². The molecule has 0 spiro atoms. The summed E-state index contributed by atoms with van der Waals surface area (Å²) in [6.07, 6.45) is 0.0467. The molecule has 0 saturated carbocycles. The summed E-state index contributed by atoms with van der Waals surface area (Å²) < 4.78 is 13.8. The minimum Gasteiger partial charge on any atom is -0.392 e. The van der Waals surface area contributed by atoms with Crippen molar-refractivity contribution in [2.24, 2.45) is 0 Å². The number of nitrogens with one attached hydrogen (secondary N) is 1. The molecule has 2 saturated heterocycles. The zero-order chi connectivity index (χ0) is 14.8. The van der Waals surface area contributed by atoms with Crippen LogP contribution in [0.1, 0.15) is 6.42 Å². The summed E-state index contributed by atoms with van der Waals surface area (Å²) in [4.78, 5) is 16.1. The van der Waals surface area contributed by atoms with Gasteiger partial charge in [-0.3, -0.25) is 4.79 Å². The molecule has 2 N–H and O–H groups in total. The van der Waals surface area contributed by atoms with Gasteiger partial charge in [0, 0.05) is 32.7 Å². The molecule has 0 aliphatic carbocycles. The normalized spacial score (nSPS) is 26.2. The van der Waals surface area contributed by atoms with E-state index in [0.29, 0.717) is 44.8 Å². The largest absolute Gasteiger partial charge is 0.392 e. The quantitative estimate of drug-likeness (QED) is 0.818. The molecule has 0 aromatic heterocycles. The smallest absolute Gasteiger partial charge is 0.239 e. The molecular weight excluding hydrogens is 273 g/mol. The van der Waals surface area contributed by atoms with Crippen molar-refractivity contribution in [2.75, 3.05) is 37.6 Å². The number of halogens is 1. The van der Waals surface area contributed by atoms with E-state index in [1.807, 2.05) is 11.0 Å². The first-order valence-electron chi connectivity index (χ1n) is 7.35. The number of benzene rings is 1. The van der Waals surface area contributed by atoms with Gasteiger partial charge in [0.25, 0.3) is 0 Å². The van der Waals surface area contributed by atoms with Gasteiger partial charge in [0.2, 0.25) is 5.91 Å². The van der Waals surface area contributed by atoms with Crippen molar-refractivity contribution < 1.29 is 14.3 Å². The summed E-state index contributed by atoms with van der Waals surface area (Å²) >= 11 is 0. The Kier molecular flexibility index (Phi) is 4.07. The lowest BCUT2D eigenvalue weighted by Crippen LogP contribution is -2.53. The molecule has 114 valence electrons. The van der Waals surface area contributed by atoms with Gasteiger partial charge in [-0.15, -0.1) is 0 Å². The summed E-state index contributed by atoms with van der Waals surface area (Å²) in [7, 11) is 0. The van der Waals surface area contributed by atoms with E-state index in [9.17, 15) is 14.3 Å². The second-order valence-electron chi connectivity index (χ2n) is 5.61. The Morgan fingerprint density at radius 1 is 1.24 bits per heavy atom. The van der Waals surface area contributed by atoms with Crippen molar-refractivity contribution in [3.8, 4) is 0 Å². The van der Waals surface area contributed by atoms with Gasteiger partial charge in [0.1, 0.15) is 5.82 Å². The van der Waals surface area contributed by atoms with Crippen LogP contribution in [0.2, 0.25) is 0 Å². The van der Waals surface area contributed by atoms with E-state index < -0.39 is 6.10 Å². The Balaban J connectivity index is 1.58. The molecule has 1 aromatic carbocycles. The zero-order valence-corrected chi connectivity index (χ0v) is 11.8. The number of amides is 1. The van der Waals surface area contributed by atoms with E-state index in [-0.39, 0.29) is 17.8 Å². The molecule has 2 aliphatic rings. The highest BCUT2D eigenvalue weighted by Crippen LogP contribution is 2.20. The van der Waals surface area contributed by atoms with Crippen LogP contribution in [0, 0.1) is 5.82 Å². The van der Waals surface area contributed by atoms with Crippen LogP contribution in [0.3, 0.4) is 0 Å². The topological polar surface area (TPSA) is 55.8 Å². The van der Waals surface area contributed by atoms with Crippen LogP contribution in [-0.2, 0) is 4.79 Å². The van der Waals surface area contributed by atoms with Crippen LogP contribution < -0.4 is 10.2 Å². The Hall–Kier alpha value is -1.66. The summed E-state index contributed by atoms with van der Waals surface area (Å²) in [5.74, 6) is -0.183. The highest BCUT2D eigenvalue weighted by molar-refractivity contribution is 5.82. The van der Waals surface area contributed by atoms with Gasteiger partial charge in [-0.05, 0) is 18.6 Å². The first kappa shape index (κ1) is 14.3. The molecule has 1 amide bonds. The number of carbonyl (C=O) groups excluding carboxylic acids is 1. The highest BCUT2D eigenvalue weighted by Gasteiger charge is 2.32. The molecular formula is C15H20FN3O2. The number of hydrogen-bond acceptors (Lipinski definition) is 4. The lowest BCUT2D eigenvalue weighted by molar-refractivity contribution is -0.133. The highest BCUT2D eigenvalue weighted by atomic mass is 19.1. The average molecular weight is 293 g/mol. The zero-order valence-electron chi connectivity index (χ0n) is 11.8. The number of carbonyl (C=O) groups is 1. The van der Waals surface area contributed by atoms with E-state index >= 15 is 0 Å². The summed E-state index contributed by atoms with van der Waals surface area (Å²) in [6, 6.07) is 6.44. The second-order valence-corrected chi connectivity index (χ2v) is 5.61. The molecule has 21 heavy (non-hydrogen) atoms. The predicted molar refractivity (Wildman–Crippen MR) is 77.6 cm³/mol. The van der Waals surface area contributed by atoms with Gasteiger partial charge < -0.3 is 20.2 Å². The number of aliphatic hydroxyl groups is 1. The number of piperazine rings is 1. The monoisotopic (exact) mass is 293 g/mol. The fraction of sp³-hybridized carbons (Fsp3) is 0.533. The summed E-state index contributed by atoms with van der Waals surface area (Å²) in [6.45, 7) is 2.90. The van der Waals surface area contributed by atoms with Gasteiger partial charge in [0.15, 0.2) is 0 Å². The maximum atomic E-state index is 13.8. The Labute approximate surface area is 123 Å². The van der Waals surface area contributed by atoms with E-state index in [2.05, 4.69) is 5.32 Å². The first-order chi connectivity index (χ1) is 10.1. The minimum absolute atomic E-state index is 0.0414. The summed E-state index contributed by atoms with van der Waals surface area (Å²) in [5, 5.41) is 12.5. The lowest BCUT2D eigenvalue weighted by atomic mass is 10.1. The first-order valence-corrected chi connectivity index (χ1v) is 7.35. The van der Waals surface area contributed by atoms with Crippen LogP contribution in [-0.4, -0.2) is 60.8 Å². The van der Waals surface area contributed by atoms with Gasteiger partial charge in [0.05, 0.1) is 17.8 Å².